The van der Waals surface area contributed by atoms with Crippen LogP contribution in [-0.4, -0.2) is 110 Å². The molecule has 1 rings (SSSR count). The lowest BCUT2D eigenvalue weighted by Crippen LogP contribution is -2.60. The van der Waals surface area contributed by atoms with E-state index in [4.69, 9.17) is 9.47 Å². The number of hydrogen-bond donors (Lipinski definition) is 8. The average Bonchev–Trinajstić information content (AvgIpc) is 3.27. The molecular weight excluding hydrogens is 787 g/mol. The van der Waals surface area contributed by atoms with Crippen LogP contribution in [0.3, 0.4) is 0 Å². The van der Waals surface area contributed by atoms with Gasteiger partial charge in [-0.3, -0.25) is 4.79 Å². The van der Waals surface area contributed by atoms with Crippen molar-refractivity contribution in [2.75, 3.05) is 13.2 Å². The highest BCUT2D eigenvalue weighted by Crippen LogP contribution is 2.23. The van der Waals surface area contributed by atoms with Crippen LogP contribution in [0.2, 0.25) is 0 Å². The topological polar surface area (TPSA) is 189 Å². The van der Waals surface area contributed by atoms with Gasteiger partial charge in [0.05, 0.1) is 25.4 Å². The summed E-state index contributed by atoms with van der Waals surface area (Å²) in [7, 11) is 0. The normalized spacial score (nSPS) is 21.3. The Labute approximate surface area is 379 Å². The molecule has 1 aliphatic rings. The minimum Gasteiger partial charge on any atom is -0.394 e. The van der Waals surface area contributed by atoms with Gasteiger partial charge >= 0.3 is 0 Å². The zero-order valence-corrected chi connectivity index (χ0v) is 39.9. The Balaban J connectivity index is 2.35. The molecule has 0 bridgehead atoms. The molecule has 62 heavy (non-hydrogen) atoms. The van der Waals surface area contributed by atoms with Crippen LogP contribution in [0, 0.1) is 0 Å². The van der Waals surface area contributed by atoms with Crippen LogP contribution < -0.4 is 5.32 Å². The first kappa shape index (κ1) is 58.9. The van der Waals surface area contributed by atoms with Crippen LogP contribution in [0.1, 0.15) is 239 Å². The standard InChI is InChI=1S/C51H99NO10/c1-3-5-7-9-11-13-15-17-18-19-20-21-22-23-24-25-27-29-31-33-35-37-39-44(55)50(60)52-42(41-61-51-49(59)48(58)47(57)45(40-53)62-51)46(56)43(54)38-36-34-32-30-28-26-16-14-12-10-8-6-4-2/h23-24,42-49,51,53-59H,3-22,25-41H2,1-2H3,(H,52,60)/b24-23-. The molecule has 368 valence electrons. The molecule has 9 atom stereocenters. The Morgan fingerprint density at radius 3 is 1.35 bits per heavy atom. The molecule has 0 spiro atoms. The molecule has 0 radical (unpaired) electrons. The maximum atomic E-state index is 13.1. The van der Waals surface area contributed by atoms with Gasteiger partial charge in [0.15, 0.2) is 6.29 Å². The smallest absolute Gasteiger partial charge is 0.249 e. The minimum atomic E-state index is -1.66. The van der Waals surface area contributed by atoms with Gasteiger partial charge in [-0.15, -0.1) is 0 Å². The van der Waals surface area contributed by atoms with Crippen LogP contribution in [-0.2, 0) is 14.3 Å². The van der Waals surface area contributed by atoms with Crippen molar-refractivity contribution in [3.8, 4) is 0 Å². The quantitative estimate of drug-likeness (QED) is 0.0216. The lowest BCUT2D eigenvalue weighted by Gasteiger charge is -2.40. The van der Waals surface area contributed by atoms with E-state index >= 15 is 0 Å². The third kappa shape index (κ3) is 30.1. The van der Waals surface area contributed by atoms with E-state index in [2.05, 4.69) is 31.3 Å². The number of amides is 1. The van der Waals surface area contributed by atoms with Crippen molar-refractivity contribution >= 4 is 5.91 Å². The van der Waals surface area contributed by atoms with Gasteiger partial charge in [-0.05, 0) is 38.5 Å². The minimum absolute atomic E-state index is 0.256. The molecule has 8 N–H and O–H groups in total. The molecule has 11 heteroatoms. The summed E-state index contributed by atoms with van der Waals surface area (Å²) in [4.78, 5) is 13.1. The van der Waals surface area contributed by atoms with E-state index in [1.165, 1.54) is 148 Å². The summed E-state index contributed by atoms with van der Waals surface area (Å²) in [5, 5.41) is 75.8. The Hall–Kier alpha value is -1.15. The van der Waals surface area contributed by atoms with Gasteiger partial charge < -0.3 is 50.5 Å². The molecule has 0 aromatic rings. The van der Waals surface area contributed by atoms with Crippen molar-refractivity contribution in [1.82, 2.24) is 5.32 Å². The van der Waals surface area contributed by atoms with Gasteiger partial charge in [-0.2, -0.15) is 0 Å². The van der Waals surface area contributed by atoms with Crippen LogP contribution in [0.5, 0.6) is 0 Å². The van der Waals surface area contributed by atoms with Gasteiger partial charge in [0.1, 0.15) is 36.6 Å². The van der Waals surface area contributed by atoms with Crippen molar-refractivity contribution in [3.05, 3.63) is 12.2 Å². The molecule has 0 aromatic carbocycles. The molecule has 9 unspecified atom stereocenters. The Bertz CT molecular complexity index is 1020. The second-order valence-electron chi connectivity index (χ2n) is 18.6. The second kappa shape index (κ2) is 41.3. The van der Waals surface area contributed by atoms with Gasteiger partial charge in [0, 0.05) is 0 Å². The van der Waals surface area contributed by atoms with E-state index in [9.17, 15) is 40.5 Å². The lowest BCUT2D eigenvalue weighted by atomic mass is 9.98. The first-order chi connectivity index (χ1) is 30.2. The number of nitrogens with one attached hydrogen (secondary N) is 1. The summed E-state index contributed by atoms with van der Waals surface area (Å²) in [5.74, 6) is -0.699. The predicted octanol–water partition coefficient (Wildman–Crippen LogP) is 9.62. The van der Waals surface area contributed by atoms with Crippen molar-refractivity contribution in [3.63, 3.8) is 0 Å². The second-order valence-corrected chi connectivity index (χ2v) is 18.6. The summed E-state index contributed by atoms with van der Waals surface area (Å²) in [6.07, 6.45) is 34.0. The fourth-order valence-corrected chi connectivity index (χ4v) is 8.50. The fraction of sp³-hybridized carbons (Fsp3) is 0.941. The first-order valence-electron chi connectivity index (χ1n) is 26.1. The summed E-state index contributed by atoms with van der Waals surface area (Å²) in [6.45, 7) is 3.46. The summed E-state index contributed by atoms with van der Waals surface area (Å²) >= 11 is 0. The van der Waals surface area contributed by atoms with E-state index in [0.29, 0.717) is 19.3 Å². The number of carbonyl (C=O) groups is 1. The number of aliphatic hydroxyl groups is 7. The van der Waals surface area contributed by atoms with E-state index in [1.807, 2.05) is 0 Å². The molecule has 0 saturated carbocycles. The zero-order valence-electron chi connectivity index (χ0n) is 39.9. The molecule has 1 heterocycles. The summed E-state index contributed by atoms with van der Waals surface area (Å²) in [5.41, 5.74) is 0. The maximum Gasteiger partial charge on any atom is 0.249 e. The van der Waals surface area contributed by atoms with Crippen LogP contribution in [0.4, 0.5) is 0 Å². The van der Waals surface area contributed by atoms with Gasteiger partial charge in [-0.25, -0.2) is 0 Å². The number of carbonyl (C=O) groups excluding carboxylic acids is 1. The molecule has 11 nitrogen and oxygen atoms in total. The summed E-state index contributed by atoms with van der Waals surface area (Å²) in [6, 6.07) is -1.17. The molecule has 0 aliphatic carbocycles. The van der Waals surface area contributed by atoms with Crippen molar-refractivity contribution < 1.29 is 50.0 Å². The molecule has 1 saturated heterocycles. The van der Waals surface area contributed by atoms with Crippen molar-refractivity contribution in [1.29, 1.82) is 0 Å². The molecule has 1 fully saturated rings. The monoisotopic (exact) mass is 886 g/mol. The van der Waals surface area contributed by atoms with Crippen molar-refractivity contribution in [2.24, 2.45) is 0 Å². The van der Waals surface area contributed by atoms with E-state index in [0.717, 1.165) is 51.4 Å². The number of hydrogen-bond acceptors (Lipinski definition) is 10. The lowest BCUT2D eigenvalue weighted by molar-refractivity contribution is -0.303. The zero-order chi connectivity index (χ0) is 45.5. The third-order valence-electron chi connectivity index (χ3n) is 12.8. The van der Waals surface area contributed by atoms with E-state index < -0.39 is 74.2 Å². The van der Waals surface area contributed by atoms with Gasteiger partial charge in [0.2, 0.25) is 5.91 Å². The van der Waals surface area contributed by atoms with Crippen LogP contribution in [0.15, 0.2) is 12.2 Å². The van der Waals surface area contributed by atoms with Gasteiger partial charge in [-0.1, -0.05) is 212 Å². The summed E-state index contributed by atoms with van der Waals surface area (Å²) < 4.78 is 11.1. The number of allylic oxidation sites excluding steroid dienone is 2. The van der Waals surface area contributed by atoms with Crippen LogP contribution >= 0.6 is 0 Å². The molecular formula is C51H99NO10. The fourth-order valence-electron chi connectivity index (χ4n) is 8.50. The van der Waals surface area contributed by atoms with Crippen molar-refractivity contribution in [2.45, 2.75) is 294 Å². The van der Waals surface area contributed by atoms with E-state index in [1.54, 1.807) is 0 Å². The maximum absolute atomic E-state index is 13.1. The highest BCUT2D eigenvalue weighted by Gasteiger charge is 2.44. The number of aliphatic hydroxyl groups excluding tert-OH is 7. The largest absolute Gasteiger partial charge is 0.394 e. The van der Waals surface area contributed by atoms with E-state index in [-0.39, 0.29) is 6.42 Å². The SMILES string of the molecule is CCCCCCCCCCCCCC/C=C\CCCCCCCCC(O)C(=O)NC(COC1OC(CO)C(O)C(O)C1O)C(O)C(O)CCCCCCCCCCCCCCC. The number of unbranched alkanes of at least 4 members (excludes halogenated alkanes) is 30. The van der Waals surface area contributed by atoms with Crippen LogP contribution in [0.25, 0.3) is 0 Å². The van der Waals surface area contributed by atoms with Gasteiger partial charge in [0.25, 0.3) is 0 Å². The highest BCUT2D eigenvalue weighted by atomic mass is 16.7. The predicted molar refractivity (Wildman–Crippen MR) is 252 cm³/mol. The molecule has 0 aromatic heterocycles. The third-order valence-corrected chi connectivity index (χ3v) is 12.8. The molecule has 1 aliphatic heterocycles. The Morgan fingerprint density at radius 2 is 0.935 bits per heavy atom. The molecule has 1 amide bonds. The highest BCUT2D eigenvalue weighted by molar-refractivity contribution is 5.80. The number of ether oxygens (including phenoxy) is 2. The number of rotatable bonds is 44. The average molecular weight is 886 g/mol. The Morgan fingerprint density at radius 1 is 0.548 bits per heavy atom. The Kier molecular flexibility index (Phi) is 39.2. The first-order valence-corrected chi connectivity index (χ1v) is 26.1.